The number of esters is 1. The molecule has 35 heavy (non-hydrogen) atoms. The number of benzene rings is 2. The van der Waals surface area contributed by atoms with Crippen LogP contribution in [-0.2, 0) is 9.53 Å². The third-order valence-corrected chi connectivity index (χ3v) is 6.12. The molecule has 1 atom stereocenters. The van der Waals surface area contributed by atoms with Gasteiger partial charge in [-0.15, -0.1) is 0 Å². The van der Waals surface area contributed by atoms with Gasteiger partial charge in [-0.2, -0.15) is 0 Å². The molecule has 2 N–H and O–H groups in total. The van der Waals surface area contributed by atoms with E-state index in [1.165, 1.54) is 12.1 Å². The molecule has 2 aromatic carbocycles. The summed E-state index contributed by atoms with van der Waals surface area (Å²) in [6.07, 6.45) is 0. The van der Waals surface area contributed by atoms with Crippen LogP contribution in [-0.4, -0.2) is 62.8 Å². The number of carbonyl (C=O) groups excluding carboxylic acids is 2. The van der Waals surface area contributed by atoms with Crippen molar-refractivity contribution in [3.8, 4) is 5.75 Å². The average molecular weight is 483 g/mol. The zero-order valence-corrected chi connectivity index (χ0v) is 20.1. The molecule has 9 heteroatoms. The average Bonchev–Trinajstić information content (AvgIpc) is 2.85. The SMILES string of the molecule is CCOC(=O)C1=C(CN2CCN(c3ccc(F)cc3)CC2)NC(=O)NC1c1ccccc1OCC. The number of piperazine rings is 1. The first-order chi connectivity index (χ1) is 17.0. The molecular weight excluding hydrogens is 451 g/mol. The number of hydrogen-bond donors (Lipinski definition) is 2. The van der Waals surface area contributed by atoms with Gasteiger partial charge in [-0.25, -0.2) is 14.0 Å². The van der Waals surface area contributed by atoms with Crippen LogP contribution in [0, 0.1) is 5.82 Å². The van der Waals surface area contributed by atoms with E-state index >= 15 is 0 Å². The van der Waals surface area contributed by atoms with Gasteiger partial charge in [-0.3, -0.25) is 4.90 Å². The maximum atomic E-state index is 13.3. The number of hydrogen-bond acceptors (Lipinski definition) is 6. The molecule has 0 saturated carbocycles. The summed E-state index contributed by atoms with van der Waals surface area (Å²) in [4.78, 5) is 30.1. The summed E-state index contributed by atoms with van der Waals surface area (Å²) in [7, 11) is 0. The van der Waals surface area contributed by atoms with E-state index in [0.29, 0.717) is 35.7 Å². The first kappa shape index (κ1) is 24.5. The minimum absolute atomic E-state index is 0.222. The Hall–Kier alpha value is -3.59. The van der Waals surface area contributed by atoms with Gasteiger partial charge in [0.05, 0.1) is 24.8 Å². The summed E-state index contributed by atoms with van der Waals surface area (Å²) >= 11 is 0. The maximum Gasteiger partial charge on any atom is 0.338 e. The smallest absolute Gasteiger partial charge is 0.338 e. The van der Waals surface area contributed by atoms with E-state index in [1.807, 2.05) is 31.2 Å². The zero-order chi connectivity index (χ0) is 24.8. The highest BCUT2D eigenvalue weighted by Crippen LogP contribution is 2.34. The Labute approximate surface area is 204 Å². The van der Waals surface area contributed by atoms with Gasteiger partial charge in [0.15, 0.2) is 0 Å². The van der Waals surface area contributed by atoms with Crippen molar-refractivity contribution in [1.29, 1.82) is 0 Å². The molecule has 8 nitrogen and oxygen atoms in total. The quantitative estimate of drug-likeness (QED) is 0.563. The van der Waals surface area contributed by atoms with Crippen molar-refractivity contribution in [1.82, 2.24) is 15.5 Å². The lowest BCUT2D eigenvalue weighted by molar-refractivity contribution is -0.139. The number of carbonyl (C=O) groups is 2. The number of nitrogens with zero attached hydrogens (tertiary/aromatic N) is 2. The Balaban J connectivity index is 1.58. The monoisotopic (exact) mass is 482 g/mol. The van der Waals surface area contributed by atoms with E-state index in [-0.39, 0.29) is 18.5 Å². The van der Waals surface area contributed by atoms with Crippen molar-refractivity contribution in [3.63, 3.8) is 0 Å². The lowest BCUT2D eigenvalue weighted by Crippen LogP contribution is -2.51. The molecule has 2 aromatic rings. The molecule has 186 valence electrons. The van der Waals surface area contributed by atoms with E-state index in [0.717, 1.165) is 31.9 Å². The van der Waals surface area contributed by atoms with Gasteiger partial charge in [0, 0.05) is 49.7 Å². The van der Waals surface area contributed by atoms with E-state index in [1.54, 1.807) is 19.1 Å². The summed E-state index contributed by atoms with van der Waals surface area (Å²) in [6.45, 7) is 7.65. The third-order valence-electron chi connectivity index (χ3n) is 6.12. The summed E-state index contributed by atoms with van der Waals surface area (Å²) < 4.78 is 24.4. The molecule has 1 saturated heterocycles. The largest absolute Gasteiger partial charge is 0.494 e. The summed E-state index contributed by atoms with van der Waals surface area (Å²) in [5, 5.41) is 5.72. The second kappa shape index (κ2) is 11.2. The Bertz CT molecular complexity index is 1080. The molecule has 0 spiro atoms. The Morgan fingerprint density at radius 2 is 1.74 bits per heavy atom. The lowest BCUT2D eigenvalue weighted by Gasteiger charge is -2.38. The fraction of sp³-hybridized carbons (Fsp3) is 0.385. The van der Waals surface area contributed by atoms with Gasteiger partial charge in [0.25, 0.3) is 0 Å². The van der Waals surface area contributed by atoms with Crippen molar-refractivity contribution in [2.45, 2.75) is 19.9 Å². The van der Waals surface area contributed by atoms with Crippen LogP contribution in [0.2, 0.25) is 0 Å². The molecule has 2 amide bonds. The predicted octanol–water partition coefficient (Wildman–Crippen LogP) is 3.22. The fourth-order valence-corrected chi connectivity index (χ4v) is 4.47. The van der Waals surface area contributed by atoms with Crippen LogP contribution in [0.1, 0.15) is 25.5 Å². The number of anilines is 1. The van der Waals surface area contributed by atoms with E-state index in [4.69, 9.17) is 9.47 Å². The van der Waals surface area contributed by atoms with Crippen molar-refractivity contribution >= 4 is 17.7 Å². The predicted molar refractivity (Wildman–Crippen MR) is 131 cm³/mol. The van der Waals surface area contributed by atoms with Crippen LogP contribution in [0.15, 0.2) is 59.8 Å². The Kier molecular flexibility index (Phi) is 7.87. The van der Waals surface area contributed by atoms with Crippen LogP contribution in [0.5, 0.6) is 5.75 Å². The normalized spacial score (nSPS) is 18.7. The Morgan fingerprint density at radius 1 is 1.03 bits per heavy atom. The molecule has 0 aliphatic carbocycles. The van der Waals surface area contributed by atoms with Crippen molar-refractivity contribution in [2.24, 2.45) is 0 Å². The topological polar surface area (TPSA) is 83.1 Å². The first-order valence-corrected chi connectivity index (χ1v) is 11.9. The zero-order valence-electron chi connectivity index (χ0n) is 20.1. The summed E-state index contributed by atoms with van der Waals surface area (Å²) in [6, 6.07) is 12.8. The fourth-order valence-electron chi connectivity index (χ4n) is 4.47. The number of nitrogens with one attached hydrogen (secondary N) is 2. The van der Waals surface area contributed by atoms with Crippen LogP contribution in [0.4, 0.5) is 14.9 Å². The number of ether oxygens (including phenoxy) is 2. The highest BCUT2D eigenvalue weighted by atomic mass is 19.1. The lowest BCUT2D eigenvalue weighted by atomic mass is 9.94. The maximum absolute atomic E-state index is 13.3. The second-order valence-corrected chi connectivity index (χ2v) is 8.35. The van der Waals surface area contributed by atoms with E-state index < -0.39 is 12.0 Å². The minimum Gasteiger partial charge on any atom is -0.494 e. The number of rotatable bonds is 8. The molecular formula is C26H31FN4O4. The summed E-state index contributed by atoms with van der Waals surface area (Å²) in [5.41, 5.74) is 2.57. The number of para-hydroxylation sites is 1. The number of halogens is 1. The standard InChI is InChI=1S/C26H31FN4O4/c1-3-34-22-8-6-5-7-20(22)24-23(25(32)35-4-2)21(28-26(33)29-24)17-30-13-15-31(16-14-30)19-11-9-18(27)10-12-19/h5-12,24H,3-4,13-17H2,1-2H3,(H2,28,29,33). The highest BCUT2D eigenvalue weighted by Gasteiger charge is 2.36. The van der Waals surface area contributed by atoms with Gasteiger partial charge in [-0.1, -0.05) is 18.2 Å². The Morgan fingerprint density at radius 3 is 2.43 bits per heavy atom. The molecule has 0 bridgehead atoms. The van der Waals surface area contributed by atoms with Crippen molar-refractivity contribution in [3.05, 3.63) is 71.2 Å². The number of amides is 2. The van der Waals surface area contributed by atoms with Crippen LogP contribution in [0.3, 0.4) is 0 Å². The molecule has 2 aliphatic heterocycles. The molecule has 1 fully saturated rings. The molecule has 2 aliphatic rings. The van der Waals surface area contributed by atoms with Gasteiger partial charge in [0.2, 0.25) is 0 Å². The second-order valence-electron chi connectivity index (χ2n) is 8.35. The van der Waals surface area contributed by atoms with E-state index in [9.17, 15) is 14.0 Å². The van der Waals surface area contributed by atoms with Crippen molar-refractivity contribution in [2.75, 3.05) is 50.8 Å². The first-order valence-electron chi connectivity index (χ1n) is 11.9. The summed E-state index contributed by atoms with van der Waals surface area (Å²) in [5.74, 6) is -0.125. The molecule has 1 unspecified atom stereocenters. The van der Waals surface area contributed by atoms with Gasteiger partial charge >= 0.3 is 12.0 Å². The van der Waals surface area contributed by atoms with Crippen LogP contribution >= 0.6 is 0 Å². The van der Waals surface area contributed by atoms with Crippen LogP contribution < -0.4 is 20.3 Å². The van der Waals surface area contributed by atoms with Gasteiger partial charge in [-0.05, 0) is 44.2 Å². The molecule has 0 radical (unpaired) electrons. The van der Waals surface area contributed by atoms with Crippen LogP contribution in [0.25, 0.3) is 0 Å². The molecule has 2 heterocycles. The molecule has 0 aromatic heterocycles. The number of urea groups is 1. The van der Waals surface area contributed by atoms with Gasteiger partial charge in [0.1, 0.15) is 11.6 Å². The highest BCUT2D eigenvalue weighted by molar-refractivity contribution is 5.95. The van der Waals surface area contributed by atoms with Crippen molar-refractivity contribution < 1.29 is 23.5 Å². The third kappa shape index (κ3) is 5.74. The van der Waals surface area contributed by atoms with Gasteiger partial charge < -0.3 is 25.0 Å². The molecule has 4 rings (SSSR count). The minimum atomic E-state index is -0.693. The van der Waals surface area contributed by atoms with E-state index in [2.05, 4.69) is 20.4 Å².